The van der Waals surface area contributed by atoms with E-state index in [0.717, 1.165) is 0 Å². The molecule has 0 saturated heterocycles. The molecule has 0 nitrogen and oxygen atoms in total. The van der Waals surface area contributed by atoms with Crippen molar-refractivity contribution >= 4 is 74.6 Å². The third-order valence-corrected chi connectivity index (χ3v) is 16.6. The van der Waals surface area contributed by atoms with Gasteiger partial charge in [-0.3, -0.25) is 0 Å². The average Bonchev–Trinajstić information content (AvgIpc) is 3.92. The Hall–Kier alpha value is -7.32. The summed E-state index contributed by atoms with van der Waals surface area (Å²) < 4.78 is 2.72. The smallest absolute Gasteiger partial charge is 0.0361 e. The first-order valence-corrected chi connectivity index (χ1v) is 23.8. The number of hydrogen-bond acceptors (Lipinski definition) is 1. The zero-order chi connectivity index (χ0) is 43.3. The number of fused-ring (bicyclic) bond motifs is 15. The predicted octanol–water partition coefficient (Wildman–Crippen LogP) is 18.3. The van der Waals surface area contributed by atoms with Gasteiger partial charge in [-0.15, -0.1) is 11.3 Å². The van der Waals surface area contributed by atoms with E-state index in [1.807, 2.05) is 11.3 Å². The Balaban J connectivity index is 0.908. The van der Waals surface area contributed by atoms with Crippen molar-refractivity contribution in [1.29, 1.82) is 0 Å². The van der Waals surface area contributed by atoms with Gasteiger partial charge >= 0.3 is 0 Å². The first-order valence-electron chi connectivity index (χ1n) is 23.0. The Morgan fingerprint density at radius 2 is 0.862 bits per heavy atom. The van der Waals surface area contributed by atoms with E-state index in [1.165, 1.54) is 141 Å². The Kier molecular flexibility index (Phi) is 7.49. The van der Waals surface area contributed by atoms with Gasteiger partial charge < -0.3 is 0 Å². The Labute approximate surface area is 383 Å². The molecule has 0 fully saturated rings. The number of rotatable bonds is 3. The van der Waals surface area contributed by atoms with E-state index in [1.54, 1.807) is 0 Å². The minimum Gasteiger partial charge on any atom is -0.135 e. The van der Waals surface area contributed by atoms with Gasteiger partial charge in [0.15, 0.2) is 0 Å². The molecule has 1 heteroatoms. The fraction of sp³-hybridized carbons (Fsp3) is 0.0938. The molecule has 0 saturated carbocycles. The summed E-state index contributed by atoms with van der Waals surface area (Å²) in [5, 5.41) is 13.2. The third kappa shape index (κ3) is 5.02. The molecule has 2 aliphatic carbocycles. The molecule has 0 aliphatic heterocycles. The maximum absolute atomic E-state index is 2.49. The van der Waals surface area contributed by atoms with Gasteiger partial charge in [-0.2, -0.15) is 0 Å². The summed E-state index contributed by atoms with van der Waals surface area (Å²) in [6, 6.07) is 73.7. The minimum absolute atomic E-state index is 0.133. The van der Waals surface area contributed by atoms with Gasteiger partial charge in [0.1, 0.15) is 0 Å². The number of hydrogen-bond donors (Lipinski definition) is 0. The van der Waals surface area contributed by atoms with Gasteiger partial charge in [-0.1, -0.05) is 191 Å². The Bertz CT molecular complexity index is 4000. The normalized spacial score (nSPS) is 14.4. The van der Waals surface area contributed by atoms with Crippen molar-refractivity contribution in [2.24, 2.45) is 0 Å². The van der Waals surface area contributed by atoms with Crippen LogP contribution in [0.3, 0.4) is 0 Å². The van der Waals surface area contributed by atoms with Crippen LogP contribution in [0.5, 0.6) is 0 Å². The van der Waals surface area contributed by atoms with Gasteiger partial charge in [-0.05, 0) is 151 Å². The van der Waals surface area contributed by atoms with Gasteiger partial charge in [0.25, 0.3) is 0 Å². The standard InChI is InChI=1S/C64H44S/c1-63(2)53-32-27-41(58-45-17-7-9-19-47(45)60(48-20-10-8-18-46(48)58)44-22-13-15-37-14-5-6-16-42(37)44)35-51(53)43-29-25-40(36-55(43)63)39-26-31-54-52(34-39)49-30-24-38-28-33-57-61(59(38)62(49)64(54,3)4)50-21-11-12-23-56(50)65-57/h5-36H,1-4H3. The van der Waals surface area contributed by atoms with Gasteiger partial charge in [-0.25, -0.2) is 0 Å². The molecule has 0 radical (unpaired) electrons. The summed E-state index contributed by atoms with van der Waals surface area (Å²) in [5.41, 5.74) is 18.4. The van der Waals surface area contributed by atoms with Crippen molar-refractivity contribution in [3.8, 4) is 55.6 Å². The topological polar surface area (TPSA) is 0 Å². The molecule has 0 bridgehead atoms. The first-order chi connectivity index (χ1) is 31.8. The maximum atomic E-state index is 2.49. The second-order valence-electron chi connectivity index (χ2n) is 19.5. The molecule has 1 heterocycles. The van der Waals surface area contributed by atoms with Crippen LogP contribution in [0.1, 0.15) is 49.9 Å². The van der Waals surface area contributed by atoms with Gasteiger partial charge in [0.05, 0.1) is 0 Å². The van der Waals surface area contributed by atoms with Crippen LogP contribution in [-0.4, -0.2) is 0 Å². The van der Waals surface area contributed by atoms with Crippen molar-refractivity contribution in [2.75, 3.05) is 0 Å². The van der Waals surface area contributed by atoms with Crippen LogP contribution in [0.15, 0.2) is 194 Å². The largest absolute Gasteiger partial charge is 0.135 e. The van der Waals surface area contributed by atoms with E-state index in [9.17, 15) is 0 Å². The van der Waals surface area contributed by atoms with E-state index in [-0.39, 0.29) is 10.8 Å². The number of thiophene rings is 1. The Morgan fingerprint density at radius 3 is 1.63 bits per heavy atom. The monoisotopic (exact) mass is 844 g/mol. The molecule has 0 unspecified atom stereocenters. The summed E-state index contributed by atoms with van der Waals surface area (Å²) >= 11 is 1.91. The van der Waals surface area contributed by atoms with Crippen molar-refractivity contribution in [3.63, 3.8) is 0 Å². The average molecular weight is 845 g/mol. The van der Waals surface area contributed by atoms with E-state index < -0.39 is 0 Å². The van der Waals surface area contributed by atoms with Crippen molar-refractivity contribution in [3.05, 3.63) is 216 Å². The predicted molar refractivity (Wildman–Crippen MR) is 281 cm³/mol. The molecule has 65 heavy (non-hydrogen) atoms. The summed E-state index contributed by atoms with van der Waals surface area (Å²) in [5.74, 6) is 0. The highest BCUT2D eigenvalue weighted by Gasteiger charge is 2.39. The van der Waals surface area contributed by atoms with Crippen LogP contribution < -0.4 is 0 Å². The summed E-state index contributed by atoms with van der Waals surface area (Å²) in [6.07, 6.45) is 0. The Morgan fingerprint density at radius 1 is 0.308 bits per heavy atom. The zero-order valence-corrected chi connectivity index (χ0v) is 37.7. The fourth-order valence-electron chi connectivity index (χ4n) is 12.4. The van der Waals surface area contributed by atoms with Crippen LogP contribution in [-0.2, 0) is 10.8 Å². The molecule has 0 N–H and O–H groups in total. The highest BCUT2D eigenvalue weighted by atomic mass is 32.1. The lowest BCUT2D eigenvalue weighted by molar-refractivity contribution is 0.660. The molecule has 2 aliphatic rings. The lowest BCUT2D eigenvalue weighted by Crippen LogP contribution is -2.15. The molecule has 1 aromatic heterocycles. The summed E-state index contributed by atoms with van der Waals surface area (Å²) in [7, 11) is 0. The highest BCUT2D eigenvalue weighted by Crippen LogP contribution is 2.56. The zero-order valence-electron chi connectivity index (χ0n) is 36.9. The van der Waals surface area contributed by atoms with Crippen molar-refractivity contribution in [1.82, 2.24) is 0 Å². The molecular formula is C64H44S. The summed E-state index contributed by atoms with van der Waals surface area (Å²) in [4.78, 5) is 0. The van der Waals surface area contributed by atoms with E-state index in [0.29, 0.717) is 0 Å². The van der Waals surface area contributed by atoms with Crippen molar-refractivity contribution in [2.45, 2.75) is 38.5 Å². The van der Waals surface area contributed by atoms with E-state index >= 15 is 0 Å². The molecule has 0 amide bonds. The summed E-state index contributed by atoms with van der Waals surface area (Å²) in [6.45, 7) is 9.68. The maximum Gasteiger partial charge on any atom is 0.0361 e. The fourth-order valence-corrected chi connectivity index (χ4v) is 13.5. The third-order valence-electron chi connectivity index (χ3n) is 15.4. The van der Waals surface area contributed by atoms with Gasteiger partial charge in [0, 0.05) is 31.0 Å². The van der Waals surface area contributed by atoms with Crippen LogP contribution >= 0.6 is 11.3 Å². The van der Waals surface area contributed by atoms with E-state index in [4.69, 9.17) is 0 Å². The van der Waals surface area contributed by atoms with Crippen LogP contribution in [0.4, 0.5) is 0 Å². The highest BCUT2D eigenvalue weighted by molar-refractivity contribution is 7.26. The molecular weight excluding hydrogens is 801 g/mol. The lowest BCUT2D eigenvalue weighted by Gasteiger charge is -2.24. The second kappa shape index (κ2) is 13.1. The molecule has 0 atom stereocenters. The number of benzene rings is 11. The second-order valence-corrected chi connectivity index (χ2v) is 20.6. The van der Waals surface area contributed by atoms with E-state index in [2.05, 4.69) is 222 Å². The molecule has 14 rings (SSSR count). The van der Waals surface area contributed by atoms with Crippen LogP contribution in [0.2, 0.25) is 0 Å². The van der Waals surface area contributed by atoms with Gasteiger partial charge in [0.2, 0.25) is 0 Å². The minimum atomic E-state index is -0.152. The lowest BCUT2D eigenvalue weighted by atomic mass is 9.79. The quantitative estimate of drug-likeness (QED) is 0.155. The molecule has 12 aromatic rings. The SMILES string of the molecule is CC1(C)c2ccc(-c3c4ccccc4c(-c4cccc5ccccc45)c4ccccc34)cc2-c2ccc(-c3ccc4c(c3)-c3ccc5ccc6sc7ccccc7c6c5c3C4(C)C)cc21. The van der Waals surface area contributed by atoms with Crippen LogP contribution in [0, 0.1) is 0 Å². The van der Waals surface area contributed by atoms with Crippen molar-refractivity contribution < 1.29 is 0 Å². The first kappa shape index (κ1) is 37.1. The molecule has 306 valence electrons. The molecule has 11 aromatic carbocycles. The van der Waals surface area contributed by atoms with Crippen LogP contribution in [0.25, 0.3) is 119 Å². The molecule has 0 spiro atoms.